The van der Waals surface area contributed by atoms with Crippen LogP contribution in [0.1, 0.15) is 50.2 Å². The van der Waals surface area contributed by atoms with Gasteiger partial charge in [0, 0.05) is 19.6 Å². The molecule has 0 aliphatic carbocycles. The second kappa shape index (κ2) is 10.00. The molecule has 3 aromatic rings. The number of phenols is 1. The molecule has 1 aromatic heterocycles. The number of rotatable bonds is 8. The van der Waals surface area contributed by atoms with Gasteiger partial charge in [-0.15, -0.1) is 0 Å². The lowest BCUT2D eigenvalue weighted by molar-refractivity contribution is -0.129. The highest BCUT2D eigenvalue weighted by Crippen LogP contribution is 2.43. The first-order valence-corrected chi connectivity index (χ1v) is 14.5. The fourth-order valence-electron chi connectivity index (χ4n) is 5.34. The zero-order valence-corrected chi connectivity index (χ0v) is 23.0. The van der Waals surface area contributed by atoms with Gasteiger partial charge in [-0.3, -0.25) is 14.4 Å². The van der Waals surface area contributed by atoms with Crippen molar-refractivity contribution in [2.24, 2.45) is 5.41 Å². The Morgan fingerprint density at radius 2 is 1.79 bits per heavy atom. The van der Waals surface area contributed by atoms with E-state index >= 15 is 0 Å². The molecular formula is C26H29ClN4O7S. The molecule has 208 valence electrons. The van der Waals surface area contributed by atoms with Crippen LogP contribution in [0.15, 0.2) is 43.2 Å². The minimum Gasteiger partial charge on any atom is -0.504 e. The summed E-state index contributed by atoms with van der Waals surface area (Å²) in [6, 6.07) is 5.81. The molecular weight excluding hydrogens is 548 g/mol. The molecule has 11 nitrogen and oxygen atoms in total. The van der Waals surface area contributed by atoms with E-state index in [4.69, 9.17) is 16.0 Å². The third kappa shape index (κ3) is 4.60. The van der Waals surface area contributed by atoms with Gasteiger partial charge in [0.2, 0.25) is 15.9 Å². The minimum absolute atomic E-state index is 0.0100. The number of benzene rings is 1. The van der Waals surface area contributed by atoms with Crippen molar-refractivity contribution in [2.75, 3.05) is 30.3 Å². The summed E-state index contributed by atoms with van der Waals surface area (Å²) in [4.78, 5) is 36.6. The smallest absolute Gasteiger partial charge is 0.253 e. The molecule has 0 radical (unpaired) electrons. The Balaban J connectivity index is 1.40. The number of amides is 1. The van der Waals surface area contributed by atoms with Crippen molar-refractivity contribution in [3.05, 3.63) is 61.3 Å². The lowest BCUT2D eigenvalue weighted by Crippen LogP contribution is -2.46. The highest BCUT2D eigenvalue weighted by Gasteiger charge is 2.47. The topological polar surface area (TPSA) is 158 Å². The van der Waals surface area contributed by atoms with Crippen LogP contribution in [0, 0.1) is 12.3 Å². The van der Waals surface area contributed by atoms with Gasteiger partial charge in [0.1, 0.15) is 27.8 Å². The molecule has 39 heavy (non-hydrogen) atoms. The van der Waals surface area contributed by atoms with Gasteiger partial charge in [-0.05, 0) is 56.9 Å². The zero-order chi connectivity index (χ0) is 28.1. The number of piperidine rings is 1. The number of hydrogen-bond acceptors (Lipinski definition) is 9. The largest absolute Gasteiger partial charge is 0.504 e. The van der Waals surface area contributed by atoms with E-state index in [1.54, 1.807) is 19.1 Å². The first-order chi connectivity index (χ1) is 18.5. The lowest BCUT2D eigenvalue weighted by Gasteiger charge is -2.36. The molecule has 4 N–H and O–H groups in total. The summed E-state index contributed by atoms with van der Waals surface area (Å²) in [5.41, 5.74) is -2.31. The molecule has 2 aromatic carbocycles. The molecule has 0 bridgehead atoms. The first-order valence-electron chi connectivity index (χ1n) is 12.7. The van der Waals surface area contributed by atoms with Crippen LogP contribution in [0.2, 0.25) is 5.02 Å². The average molecular weight is 577 g/mol. The van der Waals surface area contributed by atoms with Crippen molar-refractivity contribution in [3.63, 3.8) is 0 Å². The molecule has 1 unspecified atom stereocenters. The maximum atomic E-state index is 13.6. The van der Waals surface area contributed by atoms with E-state index < -0.39 is 36.9 Å². The van der Waals surface area contributed by atoms with Gasteiger partial charge in [-0.1, -0.05) is 18.5 Å². The zero-order valence-electron chi connectivity index (χ0n) is 21.5. The van der Waals surface area contributed by atoms with Crippen LogP contribution in [-0.2, 0) is 14.8 Å². The van der Waals surface area contributed by atoms with Gasteiger partial charge in [0.25, 0.3) is 10.9 Å². The molecule has 1 amide bonds. The highest BCUT2D eigenvalue weighted by molar-refractivity contribution is 7.89. The Hall–Kier alpha value is -3.35. The van der Waals surface area contributed by atoms with E-state index in [2.05, 4.69) is 16.0 Å². The van der Waals surface area contributed by atoms with Gasteiger partial charge in [-0.25, -0.2) is 8.42 Å². The van der Waals surface area contributed by atoms with Crippen LogP contribution in [-0.4, -0.2) is 43.4 Å². The van der Waals surface area contributed by atoms with E-state index in [0.29, 0.717) is 43.7 Å². The molecule has 5 rings (SSSR count). The number of hydrogen-bond donors (Lipinski definition) is 4. The first kappa shape index (κ1) is 27.2. The van der Waals surface area contributed by atoms with Crippen LogP contribution < -0.4 is 26.8 Å². The van der Waals surface area contributed by atoms with Crippen LogP contribution in [0.3, 0.4) is 0 Å². The number of nitrogens with zero attached hydrogens (tertiary/aromatic N) is 1. The van der Waals surface area contributed by atoms with Crippen molar-refractivity contribution >= 4 is 44.6 Å². The molecule has 3 heterocycles. The number of furan rings is 1. The van der Waals surface area contributed by atoms with Crippen LogP contribution >= 0.6 is 11.6 Å². The molecule has 1 atom stereocenters. The van der Waals surface area contributed by atoms with Crippen molar-refractivity contribution in [1.82, 2.24) is 9.62 Å². The van der Waals surface area contributed by atoms with Crippen LogP contribution in [0.4, 0.5) is 17.1 Å². The summed E-state index contributed by atoms with van der Waals surface area (Å²) >= 11 is 6.26. The summed E-state index contributed by atoms with van der Waals surface area (Å²) in [7, 11) is -4.24. The summed E-state index contributed by atoms with van der Waals surface area (Å²) in [6.07, 6.45) is 1.93. The number of anilines is 3. The number of sulfonamides is 1. The molecule has 2 aliphatic rings. The standard InChI is InChI=1S/C26H29ClN4O7S/c1-3-16(18-7-4-14(2)38-18)29-19-20(23(34)22(19)33)30-17-6-5-15(27)24(21(17)32)39(36,37)31-12-9-26(10-13-31)8-11-28-25(26)35/h4-7,16,29-30,32H,3,8-13H2,1-2H3,(H,28,35). The Kier molecular flexibility index (Phi) is 6.98. The van der Waals surface area contributed by atoms with Crippen molar-refractivity contribution in [3.8, 4) is 5.75 Å². The summed E-state index contributed by atoms with van der Waals surface area (Å²) < 4.78 is 34.0. The second-order valence-corrected chi connectivity index (χ2v) is 12.3. The normalized spacial score (nSPS) is 18.4. The third-order valence-electron chi connectivity index (χ3n) is 7.73. The van der Waals surface area contributed by atoms with Crippen molar-refractivity contribution in [2.45, 2.75) is 50.5 Å². The van der Waals surface area contributed by atoms with Gasteiger partial charge in [0.05, 0.1) is 22.2 Å². The minimum atomic E-state index is -4.24. The summed E-state index contributed by atoms with van der Waals surface area (Å²) in [6.45, 7) is 4.45. The number of aromatic hydroxyl groups is 1. The average Bonchev–Trinajstić information content (AvgIpc) is 3.49. The fraction of sp³-hybridized carbons (Fsp3) is 0.423. The molecule has 2 saturated heterocycles. The maximum absolute atomic E-state index is 13.6. The van der Waals surface area contributed by atoms with Gasteiger partial charge in [-0.2, -0.15) is 4.31 Å². The van der Waals surface area contributed by atoms with E-state index in [-0.39, 0.29) is 47.1 Å². The fourth-order valence-corrected chi connectivity index (χ4v) is 7.38. The van der Waals surface area contributed by atoms with Gasteiger partial charge >= 0.3 is 0 Å². The number of carbonyl (C=O) groups excluding carboxylic acids is 1. The number of phenolic OH excluding ortho intramolecular Hbond substituents is 1. The van der Waals surface area contributed by atoms with E-state index in [9.17, 15) is 27.9 Å². The Labute approximate surface area is 229 Å². The molecule has 1 spiro atoms. The number of carbonyl (C=O) groups is 1. The number of aryl methyl sites for hydroxylation is 1. The van der Waals surface area contributed by atoms with Crippen molar-refractivity contribution in [1.29, 1.82) is 0 Å². The summed E-state index contributed by atoms with van der Waals surface area (Å²) in [5.74, 6) is 0.560. The maximum Gasteiger partial charge on any atom is 0.253 e. The number of nitrogens with one attached hydrogen (secondary N) is 3. The second-order valence-electron chi connectivity index (χ2n) is 10.0. The van der Waals surface area contributed by atoms with Gasteiger partial charge in [0.15, 0.2) is 5.75 Å². The van der Waals surface area contributed by atoms with Gasteiger partial charge < -0.3 is 25.5 Å². The molecule has 2 aliphatic heterocycles. The lowest BCUT2D eigenvalue weighted by atomic mass is 9.78. The molecule has 2 fully saturated rings. The van der Waals surface area contributed by atoms with E-state index in [0.717, 1.165) is 0 Å². The van der Waals surface area contributed by atoms with E-state index in [1.165, 1.54) is 16.4 Å². The Morgan fingerprint density at radius 3 is 2.38 bits per heavy atom. The van der Waals surface area contributed by atoms with Crippen LogP contribution in [0.25, 0.3) is 0 Å². The SMILES string of the molecule is CCC(Nc1c(Nc2ccc(Cl)c(S(=O)(=O)N3CCC4(CCNC4=O)CC3)c2O)c(=O)c1=O)c1ccc(C)o1. The monoisotopic (exact) mass is 576 g/mol. The van der Waals surface area contributed by atoms with Crippen molar-refractivity contribution < 1.29 is 22.7 Å². The molecule has 13 heteroatoms. The number of halogens is 1. The van der Waals surface area contributed by atoms with E-state index in [1.807, 2.05) is 6.92 Å². The molecule has 0 saturated carbocycles. The summed E-state index contributed by atoms with van der Waals surface area (Å²) in [5, 5.41) is 19.4. The predicted molar refractivity (Wildman–Crippen MR) is 146 cm³/mol. The Bertz CT molecular complexity index is 1620. The third-order valence-corrected chi connectivity index (χ3v) is 10.1. The quantitative estimate of drug-likeness (QED) is 0.233. The highest BCUT2D eigenvalue weighted by atomic mass is 35.5. The Morgan fingerprint density at radius 1 is 1.10 bits per heavy atom. The van der Waals surface area contributed by atoms with Crippen LogP contribution in [0.5, 0.6) is 5.75 Å². The predicted octanol–water partition coefficient (Wildman–Crippen LogP) is 3.14.